The van der Waals surface area contributed by atoms with Crippen LogP contribution >= 0.6 is 0 Å². The Morgan fingerprint density at radius 1 is 1.16 bits per heavy atom. The normalized spacial score (nSPS) is 40.4. The lowest BCUT2D eigenvalue weighted by Gasteiger charge is -2.62. The second-order valence-corrected chi connectivity index (χ2v) is 6.50. The average Bonchev–Trinajstić information content (AvgIpc) is 2.47. The molecule has 102 valence electrons. The summed E-state index contributed by atoms with van der Waals surface area (Å²) >= 11 is 0. The Bertz CT molecular complexity index is 496. The Kier molecular flexibility index (Phi) is 2.55. The minimum absolute atomic E-state index is 0.0395. The van der Waals surface area contributed by atoms with E-state index in [2.05, 4.69) is 29.6 Å². The van der Waals surface area contributed by atoms with Crippen molar-refractivity contribution in [1.29, 1.82) is 0 Å². The van der Waals surface area contributed by atoms with Crippen LogP contribution in [0.2, 0.25) is 0 Å². The maximum absolute atomic E-state index is 6.23. The lowest BCUT2D eigenvalue weighted by atomic mass is 9.50. The fraction of sp³-hybridized carbons (Fsp3) is 0.647. The van der Waals surface area contributed by atoms with Gasteiger partial charge in [-0.1, -0.05) is 37.1 Å². The molecular weight excluding hydrogens is 234 g/mol. The van der Waals surface area contributed by atoms with Gasteiger partial charge in [0.15, 0.2) is 0 Å². The number of hydrogen-bond donors (Lipinski definition) is 1. The highest BCUT2D eigenvalue weighted by Crippen LogP contribution is 2.57. The van der Waals surface area contributed by atoms with E-state index in [4.69, 9.17) is 4.74 Å². The van der Waals surface area contributed by atoms with Crippen LogP contribution in [0.4, 0.5) is 0 Å². The summed E-state index contributed by atoms with van der Waals surface area (Å²) in [4.78, 5) is 0. The van der Waals surface area contributed by atoms with Gasteiger partial charge in [0.05, 0.1) is 5.60 Å². The largest absolute Gasteiger partial charge is 0.376 e. The molecule has 0 spiro atoms. The third-order valence-electron chi connectivity index (χ3n) is 6.04. The van der Waals surface area contributed by atoms with E-state index in [1.165, 1.54) is 32.1 Å². The molecule has 1 saturated heterocycles. The van der Waals surface area contributed by atoms with Crippen LogP contribution < -0.4 is 5.32 Å². The summed E-state index contributed by atoms with van der Waals surface area (Å²) in [6.45, 7) is 1.14. The van der Waals surface area contributed by atoms with E-state index in [0.29, 0.717) is 6.04 Å². The van der Waals surface area contributed by atoms with Crippen molar-refractivity contribution in [2.24, 2.45) is 0 Å². The number of rotatable bonds is 1. The number of methoxy groups -OCH3 is 1. The van der Waals surface area contributed by atoms with E-state index in [1.807, 2.05) is 7.11 Å². The van der Waals surface area contributed by atoms with Crippen molar-refractivity contribution < 1.29 is 4.74 Å². The number of piperidine rings is 1. The number of nitrogens with one attached hydrogen (secondary N) is 1. The zero-order valence-electron chi connectivity index (χ0n) is 11.7. The molecule has 1 aromatic carbocycles. The first-order valence-corrected chi connectivity index (χ1v) is 7.69. The summed E-state index contributed by atoms with van der Waals surface area (Å²) in [5.74, 6) is 0. The van der Waals surface area contributed by atoms with Gasteiger partial charge in [0.2, 0.25) is 0 Å². The van der Waals surface area contributed by atoms with Gasteiger partial charge in [-0.3, -0.25) is 0 Å². The first-order valence-electron chi connectivity index (χ1n) is 7.69. The zero-order chi connectivity index (χ0) is 12.9. The van der Waals surface area contributed by atoms with Crippen LogP contribution in [0.25, 0.3) is 0 Å². The molecule has 0 aromatic heterocycles. The van der Waals surface area contributed by atoms with Crippen molar-refractivity contribution in [2.75, 3.05) is 13.7 Å². The van der Waals surface area contributed by atoms with Gasteiger partial charge in [-0.25, -0.2) is 0 Å². The predicted octanol–water partition coefficient (Wildman–Crippen LogP) is 2.80. The highest BCUT2D eigenvalue weighted by atomic mass is 16.5. The van der Waals surface area contributed by atoms with Gasteiger partial charge in [0.1, 0.15) is 0 Å². The Labute approximate surface area is 115 Å². The molecule has 2 nitrogen and oxygen atoms in total. The van der Waals surface area contributed by atoms with E-state index in [1.54, 1.807) is 11.1 Å². The summed E-state index contributed by atoms with van der Waals surface area (Å²) in [5.41, 5.74) is 3.45. The maximum atomic E-state index is 6.23. The molecular formula is C17H23NO. The van der Waals surface area contributed by atoms with E-state index < -0.39 is 0 Å². The second-order valence-electron chi connectivity index (χ2n) is 6.50. The number of hydrogen-bond acceptors (Lipinski definition) is 2. The Morgan fingerprint density at radius 2 is 2.00 bits per heavy atom. The third-order valence-corrected chi connectivity index (χ3v) is 6.04. The fourth-order valence-electron chi connectivity index (χ4n) is 5.29. The minimum atomic E-state index is 0.0395. The average molecular weight is 257 g/mol. The third kappa shape index (κ3) is 1.34. The van der Waals surface area contributed by atoms with Gasteiger partial charge in [-0.05, 0) is 43.4 Å². The first-order chi connectivity index (χ1) is 9.32. The Morgan fingerprint density at radius 3 is 2.89 bits per heavy atom. The summed E-state index contributed by atoms with van der Waals surface area (Å²) < 4.78 is 6.23. The van der Waals surface area contributed by atoms with Crippen molar-refractivity contribution in [3.63, 3.8) is 0 Å². The van der Waals surface area contributed by atoms with Gasteiger partial charge in [-0.2, -0.15) is 0 Å². The van der Waals surface area contributed by atoms with Crippen molar-refractivity contribution in [3.8, 4) is 0 Å². The molecule has 2 heteroatoms. The molecule has 1 N–H and O–H groups in total. The van der Waals surface area contributed by atoms with Crippen LogP contribution in [0, 0.1) is 0 Å². The van der Waals surface area contributed by atoms with Gasteiger partial charge < -0.3 is 10.1 Å². The van der Waals surface area contributed by atoms with Crippen molar-refractivity contribution in [1.82, 2.24) is 5.32 Å². The van der Waals surface area contributed by atoms with Crippen molar-refractivity contribution >= 4 is 0 Å². The van der Waals surface area contributed by atoms with Crippen LogP contribution in [0.3, 0.4) is 0 Å². The van der Waals surface area contributed by atoms with Gasteiger partial charge >= 0.3 is 0 Å². The summed E-state index contributed by atoms with van der Waals surface area (Å²) in [6, 6.07) is 9.60. The molecule has 0 unspecified atom stereocenters. The lowest BCUT2D eigenvalue weighted by molar-refractivity contribution is -0.149. The molecule has 1 aromatic rings. The quantitative estimate of drug-likeness (QED) is 0.835. The van der Waals surface area contributed by atoms with Crippen LogP contribution in [0.1, 0.15) is 43.2 Å². The molecule has 0 radical (unpaired) electrons. The zero-order valence-corrected chi connectivity index (χ0v) is 11.7. The summed E-state index contributed by atoms with van der Waals surface area (Å²) in [6.07, 6.45) is 7.55. The standard InChI is InChI=1S/C17H23NO/c1-19-17-9-5-4-8-16(17)10-11-18-15(17)12-13-6-2-3-7-14(13)16/h2-3,6-7,15,18H,4-5,8-12H2,1H3/t15-,16+,17-/m1/s1. The molecule has 2 aliphatic carbocycles. The van der Waals surface area contributed by atoms with Gasteiger partial charge in [0, 0.05) is 18.6 Å². The molecule has 3 atom stereocenters. The molecule has 0 amide bonds. The Hall–Kier alpha value is -0.860. The van der Waals surface area contributed by atoms with Gasteiger partial charge in [0.25, 0.3) is 0 Å². The van der Waals surface area contributed by atoms with E-state index in [9.17, 15) is 0 Å². The second kappa shape index (κ2) is 4.07. The highest BCUT2D eigenvalue weighted by Gasteiger charge is 2.62. The van der Waals surface area contributed by atoms with Crippen LogP contribution in [-0.2, 0) is 16.6 Å². The monoisotopic (exact) mass is 257 g/mol. The number of benzene rings is 1. The fourth-order valence-corrected chi connectivity index (χ4v) is 5.29. The topological polar surface area (TPSA) is 21.3 Å². The van der Waals surface area contributed by atoms with E-state index in [-0.39, 0.29) is 11.0 Å². The highest BCUT2D eigenvalue weighted by molar-refractivity contribution is 5.44. The van der Waals surface area contributed by atoms with Crippen molar-refractivity contribution in [2.45, 2.75) is 55.6 Å². The van der Waals surface area contributed by atoms with Crippen LogP contribution in [0.5, 0.6) is 0 Å². The minimum Gasteiger partial charge on any atom is -0.376 e. The smallest absolute Gasteiger partial charge is 0.0930 e. The van der Waals surface area contributed by atoms with Crippen molar-refractivity contribution in [3.05, 3.63) is 35.4 Å². The molecule has 1 aliphatic heterocycles. The molecule has 1 saturated carbocycles. The summed E-state index contributed by atoms with van der Waals surface area (Å²) in [5, 5.41) is 3.75. The van der Waals surface area contributed by atoms with Gasteiger partial charge in [-0.15, -0.1) is 0 Å². The maximum Gasteiger partial charge on any atom is 0.0930 e. The molecule has 2 bridgehead atoms. The molecule has 2 fully saturated rings. The van der Waals surface area contributed by atoms with E-state index in [0.717, 1.165) is 13.0 Å². The molecule has 3 aliphatic rings. The van der Waals surface area contributed by atoms with Crippen LogP contribution in [0.15, 0.2) is 24.3 Å². The molecule has 19 heavy (non-hydrogen) atoms. The molecule has 4 rings (SSSR count). The lowest BCUT2D eigenvalue weighted by Crippen LogP contribution is -2.72. The van der Waals surface area contributed by atoms with Crippen LogP contribution in [-0.4, -0.2) is 25.3 Å². The Balaban J connectivity index is 1.96. The van der Waals surface area contributed by atoms with E-state index >= 15 is 0 Å². The number of fused-ring (bicyclic) bond motifs is 1. The predicted molar refractivity (Wildman–Crippen MR) is 76.4 cm³/mol. The molecule has 1 heterocycles. The summed E-state index contributed by atoms with van der Waals surface area (Å²) in [7, 11) is 1.94. The first kappa shape index (κ1) is 11.9. The number of ether oxygens (including phenoxy) is 1. The SMILES string of the molecule is CO[C@@]12CCCC[C@@]13CCN[C@@H]2Cc1ccccc13.